The Hall–Kier alpha value is -2.78. The number of hydrogen-bond donors (Lipinski definition) is 2. The topological polar surface area (TPSA) is 113 Å². The highest BCUT2D eigenvalue weighted by Gasteiger charge is 2.56. The third-order valence-electron chi connectivity index (χ3n) is 4.79. The van der Waals surface area contributed by atoms with E-state index in [-0.39, 0.29) is 10.9 Å². The second-order valence-electron chi connectivity index (χ2n) is 6.71. The van der Waals surface area contributed by atoms with E-state index in [1.807, 2.05) is 6.92 Å². The van der Waals surface area contributed by atoms with Gasteiger partial charge in [-0.05, 0) is 26.0 Å². The lowest BCUT2D eigenvalue weighted by atomic mass is 9.95. The molecule has 1 aromatic heterocycles. The molecule has 4 rings (SSSR count). The summed E-state index contributed by atoms with van der Waals surface area (Å²) in [5.74, 6) is -2.91. The van der Waals surface area contributed by atoms with Gasteiger partial charge in [-0.3, -0.25) is 14.5 Å². The van der Waals surface area contributed by atoms with E-state index >= 15 is 0 Å². The fraction of sp³-hybridized carbons (Fsp3) is 0.263. The van der Waals surface area contributed by atoms with Crippen molar-refractivity contribution in [3.8, 4) is 11.3 Å². The summed E-state index contributed by atoms with van der Waals surface area (Å²) in [4.78, 5) is 38.1. The number of hydrogen-bond acceptors (Lipinski definition) is 6. The lowest BCUT2D eigenvalue weighted by Crippen LogP contribution is -2.64. The Labute approximate surface area is 174 Å². The Morgan fingerprint density at radius 2 is 2.07 bits per heavy atom. The lowest BCUT2D eigenvalue weighted by molar-refractivity contribution is -0.156. The van der Waals surface area contributed by atoms with Gasteiger partial charge in [0.15, 0.2) is 5.76 Å². The number of benzene rings is 1. The summed E-state index contributed by atoms with van der Waals surface area (Å²) >= 11 is 7.59. The number of halogens is 1. The van der Waals surface area contributed by atoms with Crippen molar-refractivity contribution in [3.05, 3.63) is 46.8 Å². The molecule has 0 aliphatic carbocycles. The van der Waals surface area contributed by atoms with Crippen molar-refractivity contribution >= 4 is 46.8 Å². The Kier molecular flexibility index (Phi) is 4.87. The lowest BCUT2D eigenvalue weighted by Gasteiger charge is -2.48. The Morgan fingerprint density at radius 3 is 2.76 bits per heavy atom. The van der Waals surface area contributed by atoms with Crippen LogP contribution in [0, 0.1) is 12.8 Å². The molecule has 2 amide bonds. The average molecular weight is 434 g/mol. The molecule has 1 fully saturated rings. The summed E-state index contributed by atoms with van der Waals surface area (Å²) in [5.41, 5.74) is 1.19. The molecule has 2 N–H and O–H groups in total. The van der Waals surface area contributed by atoms with Gasteiger partial charge in [0.25, 0.3) is 0 Å². The molecule has 0 radical (unpaired) electrons. The molecule has 1 aromatic carbocycles. The summed E-state index contributed by atoms with van der Waals surface area (Å²) < 4.78 is 5.23. The van der Waals surface area contributed by atoms with E-state index in [2.05, 4.69) is 10.5 Å². The molecule has 0 spiro atoms. The van der Waals surface area contributed by atoms with Crippen LogP contribution in [0.3, 0.4) is 0 Å². The zero-order chi connectivity index (χ0) is 20.9. The molecule has 29 heavy (non-hydrogen) atoms. The number of amides is 2. The van der Waals surface area contributed by atoms with Gasteiger partial charge < -0.3 is 14.9 Å². The number of carboxylic acids is 1. The zero-order valence-corrected chi connectivity index (χ0v) is 17.0. The van der Waals surface area contributed by atoms with Crippen LogP contribution in [0.25, 0.3) is 11.3 Å². The molecular weight excluding hydrogens is 418 g/mol. The molecule has 10 heteroatoms. The van der Waals surface area contributed by atoms with E-state index in [0.717, 1.165) is 4.90 Å². The van der Waals surface area contributed by atoms with Crippen LogP contribution in [0.2, 0.25) is 5.02 Å². The number of nitrogens with one attached hydrogen (secondary N) is 1. The summed E-state index contributed by atoms with van der Waals surface area (Å²) in [5, 5.41) is 15.8. The number of rotatable bonds is 4. The van der Waals surface area contributed by atoms with Gasteiger partial charge in [0.1, 0.15) is 28.4 Å². The Morgan fingerprint density at radius 1 is 1.34 bits per heavy atom. The normalized spacial score (nSPS) is 23.1. The zero-order valence-electron chi connectivity index (χ0n) is 15.4. The standard InChI is InChI=1S/C19H16ClN3O5S/c1-8-7-12(19(26)27)23-17(25)13(18(23)29-8)16(24)21-14-9(2)28-22-15(14)10-5-3-4-6-11(10)20/h3-8,13,18H,1-2H3,(H,21,24)(H,26,27). The van der Waals surface area contributed by atoms with Gasteiger partial charge in [-0.15, -0.1) is 11.8 Å². The van der Waals surface area contributed by atoms with E-state index in [1.165, 1.54) is 17.8 Å². The smallest absolute Gasteiger partial charge is 0.352 e. The summed E-state index contributed by atoms with van der Waals surface area (Å²) in [6, 6.07) is 6.99. The van der Waals surface area contributed by atoms with Crippen molar-refractivity contribution in [3.63, 3.8) is 0 Å². The van der Waals surface area contributed by atoms with Crippen LogP contribution in [0.4, 0.5) is 5.69 Å². The van der Waals surface area contributed by atoms with Crippen LogP contribution in [-0.2, 0) is 14.4 Å². The fourth-order valence-electron chi connectivity index (χ4n) is 3.39. The van der Waals surface area contributed by atoms with Gasteiger partial charge >= 0.3 is 5.97 Å². The highest BCUT2D eigenvalue weighted by Crippen LogP contribution is 2.45. The first-order chi connectivity index (χ1) is 13.8. The van der Waals surface area contributed by atoms with Gasteiger partial charge in [0, 0.05) is 10.8 Å². The minimum Gasteiger partial charge on any atom is -0.477 e. The molecule has 2 aliphatic heterocycles. The second-order valence-corrected chi connectivity index (χ2v) is 8.61. The fourth-order valence-corrected chi connectivity index (χ4v) is 5.00. The molecule has 8 nitrogen and oxygen atoms in total. The number of nitrogens with zero attached hydrogens (tertiary/aromatic N) is 2. The molecule has 150 valence electrons. The van der Waals surface area contributed by atoms with Crippen molar-refractivity contribution in [2.45, 2.75) is 24.5 Å². The first-order valence-corrected chi connectivity index (χ1v) is 10.1. The summed E-state index contributed by atoms with van der Waals surface area (Å²) in [6.45, 7) is 3.46. The van der Waals surface area contributed by atoms with Crippen LogP contribution in [-0.4, -0.2) is 43.6 Å². The number of carbonyl (C=O) groups excluding carboxylic acids is 2. The number of aryl methyl sites for hydroxylation is 1. The molecule has 2 aliphatic rings. The van der Waals surface area contributed by atoms with Gasteiger partial charge in [-0.1, -0.05) is 35.0 Å². The maximum atomic E-state index is 12.9. The molecular formula is C19H16ClN3O5S. The van der Waals surface area contributed by atoms with Crippen molar-refractivity contribution in [2.24, 2.45) is 5.92 Å². The van der Waals surface area contributed by atoms with Crippen molar-refractivity contribution < 1.29 is 24.0 Å². The number of carboxylic acid groups (broad SMARTS) is 1. The number of fused-ring (bicyclic) bond motifs is 1. The quantitative estimate of drug-likeness (QED) is 0.562. The SMILES string of the molecule is Cc1onc(-c2ccccc2Cl)c1NC(=O)C1C(=O)N2C(C(=O)O)=CC(C)SC12. The average Bonchev–Trinajstić information content (AvgIpc) is 3.01. The number of carbonyl (C=O) groups is 3. The van der Waals surface area contributed by atoms with Gasteiger partial charge in [0.2, 0.25) is 11.8 Å². The number of aliphatic carboxylic acids is 1. The van der Waals surface area contributed by atoms with Gasteiger partial charge in [-0.25, -0.2) is 4.79 Å². The molecule has 3 unspecified atom stereocenters. The number of anilines is 1. The van der Waals surface area contributed by atoms with E-state index in [1.54, 1.807) is 31.2 Å². The highest BCUT2D eigenvalue weighted by atomic mass is 35.5. The first kappa shape index (κ1) is 19.5. The van der Waals surface area contributed by atoms with E-state index < -0.39 is 29.1 Å². The number of thioether (sulfide) groups is 1. The minimum atomic E-state index is -1.19. The van der Waals surface area contributed by atoms with Crippen LogP contribution >= 0.6 is 23.4 Å². The molecule has 3 heterocycles. The predicted molar refractivity (Wildman–Crippen MR) is 107 cm³/mol. The molecule has 0 bridgehead atoms. The first-order valence-electron chi connectivity index (χ1n) is 8.75. The van der Waals surface area contributed by atoms with Crippen LogP contribution < -0.4 is 5.32 Å². The third kappa shape index (κ3) is 3.20. The van der Waals surface area contributed by atoms with E-state index in [9.17, 15) is 19.5 Å². The number of aromatic nitrogens is 1. The third-order valence-corrected chi connectivity index (χ3v) is 6.45. The molecule has 0 saturated carbocycles. The molecule has 2 aromatic rings. The summed E-state index contributed by atoms with van der Waals surface area (Å²) in [7, 11) is 0. The maximum Gasteiger partial charge on any atom is 0.352 e. The number of β-lactam (4-membered cyclic amide) rings is 1. The minimum absolute atomic E-state index is 0.0896. The predicted octanol–water partition coefficient (Wildman–Crippen LogP) is 3.13. The largest absolute Gasteiger partial charge is 0.477 e. The van der Waals surface area contributed by atoms with E-state index in [0.29, 0.717) is 27.7 Å². The Balaban J connectivity index is 1.60. The Bertz CT molecular complexity index is 1070. The van der Waals surface area contributed by atoms with Crippen LogP contribution in [0.15, 0.2) is 40.6 Å². The molecule has 3 atom stereocenters. The van der Waals surface area contributed by atoms with Gasteiger partial charge in [0.05, 0.1) is 5.02 Å². The highest BCUT2D eigenvalue weighted by molar-refractivity contribution is 8.00. The van der Waals surface area contributed by atoms with Crippen LogP contribution in [0.5, 0.6) is 0 Å². The maximum absolute atomic E-state index is 12.9. The summed E-state index contributed by atoms with van der Waals surface area (Å²) in [6.07, 6.45) is 1.51. The van der Waals surface area contributed by atoms with Crippen molar-refractivity contribution in [1.82, 2.24) is 10.1 Å². The van der Waals surface area contributed by atoms with E-state index in [4.69, 9.17) is 16.1 Å². The van der Waals surface area contributed by atoms with Crippen LogP contribution in [0.1, 0.15) is 12.7 Å². The van der Waals surface area contributed by atoms with Crippen molar-refractivity contribution in [2.75, 3.05) is 5.32 Å². The van der Waals surface area contributed by atoms with Crippen molar-refractivity contribution in [1.29, 1.82) is 0 Å². The molecule has 1 saturated heterocycles. The van der Waals surface area contributed by atoms with Gasteiger partial charge in [-0.2, -0.15) is 0 Å². The second kappa shape index (κ2) is 7.23. The monoisotopic (exact) mass is 433 g/mol.